The van der Waals surface area contributed by atoms with E-state index in [9.17, 15) is 0 Å². The molecule has 1 heterocycles. The van der Waals surface area contributed by atoms with Gasteiger partial charge in [-0.1, -0.05) is 25.0 Å². The highest BCUT2D eigenvalue weighted by atomic mass is 16.5. The van der Waals surface area contributed by atoms with Crippen LogP contribution in [-0.4, -0.2) is 12.1 Å². The van der Waals surface area contributed by atoms with Crippen LogP contribution in [-0.2, 0) is 13.0 Å². The molecule has 1 fully saturated rings. The normalized spacial score (nSPS) is 20.6. The fourth-order valence-corrected chi connectivity index (χ4v) is 2.72. The molecule has 98 valence electrons. The Hall–Kier alpha value is -1.02. The molecule has 1 aliphatic heterocycles. The summed E-state index contributed by atoms with van der Waals surface area (Å²) < 4.78 is 5.89. The molecule has 0 atom stereocenters. The zero-order valence-corrected chi connectivity index (χ0v) is 11.5. The average molecular weight is 245 g/mol. The molecule has 0 saturated heterocycles. The van der Waals surface area contributed by atoms with Gasteiger partial charge in [0.15, 0.2) is 0 Å². The van der Waals surface area contributed by atoms with Gasteiger partial charge in [0.1, 0.15) is 11.4 Å². The van der Waals surface area contributed by atoms with Gasteiger partial charge in [-0.2, -0.15) is 0 Å². The summed E-state index contributed by atoms with van der Waals surface area (Å²) in [7, 11) is 0. The Balaban J connectivity index is 1.54. The van der Waals surface area contributed by atoms with Gasteiger partial charge in [0, 0.05) is 13.0 Å². The van der Waals surface area contributed by atoms with Crippen molar-refractivity contribution in [3.8, 4) is 5.75 Å². The third-order valence-corrected chi connectivity index (χ3v) is 3.88. The van der Waals surface area contributed by atoms with Gasteiger partial charge in [-0.25, -0.2) is 0 Å². The molecule has 1 saturated carbocycles. The van der Waals surface area contributed by atoms with Crippen molar-refractivity contribution in [3.05, 3.63) is 29.3 Å². The Morgan fingerprint density at radius 1 is 1.33 bits per heavy atom. The molecule has 2 nitrogen and oxygen atoms in total. The van der Waals surface area contributed by atoms with Crippen molar-refractivity contribution in [2.24, 2.45) is 5.92 Å². The summed E-state index contributed by atoms with van der Waals surface area (Å²) in [5, 5.41) is 3.54. The Labute approximate surface area is 110 Å². The molecule has 0 spiro atoms. The molecule has 0 bridgehead atoms. The van der Waals surface area contributed by atoms with Gasteiger partial charge in [0.25, 0.3) is 0 Å². The van der Waals surface area contributed by atoms with Crippen molar-refractivity contribution in [3.63, 3.8) is 0 Å². The van der Waals surface area contributed by atoms with Gasteiger partial charge >= 0.3 is 0 Å². The highest BCUT2D eigenvalue weighted by Gasteiger charge is 2.29. The lowest BCUT2D eigenvalue weighted by Crippen LogP contribution is -2.24. The summed E-state index contributed by atoms with van der Waals surface area (Å²) >= 11 is 0. The molecule has 3 rings (SSSR count). The minimum atomic E-state index is -0.0274. The zero-order chi connectivity index (χ0) is 12.6. The van der Waals surface area contributed by atoms with E-state index in [0.29, 0.717) is 0 Å². The van der Waals surface area contributed by atoms with Gasteiger partial charge < -0.3 is 10.1 Å². The Morgan fingerprint density at radius 2 is 2.17 bits per heavy atom. The Kier molecular flexibility index (Phi) is 3.06. The maximum absolute atomic E-state index is 5.89. The molecular formula is C16H23NO. The molecule has 1 N–H and O–H groups in total. The average Bonchev–Trinajstić information content (AvgIpc) is 3.06. The summed E-state index contributed by atoms with van der Waals surface area (Å²) in [5.74, 6) is 2.09. The van der Waals surface area contributed by atoms with Crippen molar-refractivity contribution in [1.29, 1.82) is 0 Å². The number of nitrogens with one attached hydrogen (secondary N) is 1. The lowest BCUT2D eigenvalue weighted by Gasteiger charge is -2.16. The number of rotatable bonds is 5. The number of hydrogen-bond donors (Lipinski definition) is 1. The van der Waals surface area contributed by atoms with Crippen LogP contribution in [0.3, 0.4) is 0 Å². The number of hydrogen-bond acceptors (Lipinski definition) is 2. The highest BCUT2D eigenvalue weighted by Crippen LogP contribution is 2.35. The van der Waals surface area contributed by atoms with E-state index in [0.717, 1.165) is 31.2 Å². The summed E-state index contributed by atoms with van der Waals surface area (Å²) in [4.78, 5) is 0. The van der Waals surface area contributed by atoms with E-state index in [1.165, 1.54) is 30.4 Å². The van der Waals surface area contributed by atoms with E-state index in [1.807, 2.05) is 0 Å². The maximum Gasteiger partial charge on any atom is 0.123 e. The molecular weight excluding hydrogens is 222 g/mol. The Morgan fingerprint density at radius 3 is 2.94 bits per heavy atom. The number of ether oxygens (including phenoxy) is 1. The van der Waals surface area contributed by atoms with Crippen molar-refractivity contribution in [1.82, 2.24) is 5.32 Å². The predicted molar refractivity (Wildman–Crippen MR) is 73.9 cm³/mol. The van der Waals surface area contributed by atoms with Gasteiger partial charge in [0.2, 0.25) is 0 Å². The van der Waals surface area contributed by atoms with Crippen molar-refractivity contribution >= 4 is 0 Å². The molecule has 1 aromatic rings. The molecule has 0 radical (unpaired) electrons. The van der Waals surface area contributed by atoms with Gasteiger partial charge in [-0.3, -0.25) is 0 Å². The van der Waals surface area contributed by atoms with E-state index in [4.69, 9.17) is 4.74 Å². The first kappa shape index (κ1) is 12.0. The van der Waals surface area contributed by atoms with Crippen LogP contribution < -0.4 is 10.1 Å². The van der Waals surface area contributed by atoms with Crippen LogP contribution in [0.5, 0.6) is 5.75 Å². The van der Waals surface area contributed by atoms with Crippen LogP contribution in [0, 0.1) is 5.92 Å². The van der Waals surface area contributed by atoms with Crippen LogP contribution in [0.15, 0.2) is 18.2 Å². The lowest BCUT2D eigenvalue weighted by atomic mass is 10.0. The second-order valence-electron chi connectivity index (χ2n) is 6.39. The summed E-state index contributed by atoms with van der Waals surface area (Å²) in [6.07, 6.45) is 5.28. The van der Waals surface area contributed by atoms with Crippen LogP contribution in [0.4, 0.5) is 0 Å². The monoisotopic (exact) mass is 245 g/mol. The topological polar surface area (TPSA) is 21.3 Å². The van der Waals surface area contributed by atoms with Crippen LogP contribution in [0.1, 0.15) is 44.2 Å². The van der Waals surface area contributed by atoms with Crippen molar-refractivity contribution in [2.75, 3.05) is 6.54 Å². The number of fused-ring (bicyclic) bond motifs is 1. The first-order valence-corrected chi connectivity index (χ1v) is 7.14. The predicted octanol–water partition coefficient (Wildman–Crippen LogP) is 3.29. The molecule has 2 heteroatoms. The zero-order valence-electron chi connectivity index (χ0n) is 11.5. The number of benzene rings is 1. The SMILES string of the molecule is CC1(C)Cc2cc(CNCCC3CC3)ccc2O1. The van der Waals surface area contributed by atoms with Crippen LogP contribution >= 0.6 is 0 Å². The quantitative estimate of drug-likeness (QED) is 0.804. The van der Waals surface area contributed by atoms with E-state index in [1.54, 1.807) is 0 Å². The lowest BCUT2D eigenvalue weighted by molar-refractivity contribution is 0.138. The summed E-state index contributed by atoms with van der Waals surface area (Å²) in [5.41, 5.74) is 2.72. The van der Waals surface area contributed by atoms with Crippen LogP contribution in [0.2, 0.25) is 0 Å². The van der Waals surface area contributed by atoms with E-state index < -0.39 is 0 Å². The molecule has 1 aromatic carbocycles. The van der Waals surface area contributed by atoms with E-state index in [-0.39, 0.29) is 5.60 Å². The Bertz CT molecular complexity index is 435. The molecule has 2 aliphatic rings. The van der Waals surface area contributed by atoms with E-state index in [2.05, 4.69) is 37.4 Å². The second kappa shape index (κ2) is 4.58. The first-order valence-electron chi connectivity index (χ1n) is 7.14. The standard InChI is InChI=1S/C16H23NO/c1-16(2)10-14-9-13(5-6-15(14)18-16)11-17-8-7-12-3-4-12/h5-6,9,12,17H,3-4,7-8,10-11H2,1-2H3. The van der Waals surface area contributed by atoms with Gasteiger partial charge in [0.05, 0.1) is 0 Å². The smallest absolute Gasteiger partial charge is 0.123 e. The first-order chi connectivity index (χ1) is 8.62. The molecule has 0 unspecified atom stereocenters. The molecule has 1 aliphatic carbocycles. The van der Waals surface area contributed by atoms with E-state index >= 15 is 0 Å². The largest absolute Gasteiger partial charge is 0.487 e. The minimum absolute atomic E-state index is 0.0274. The third kappa shape index (κ3) is 2.86. The fourth-order valence-electron chi connectivity index (χ4n) is 2.72. The molecule has 0 aromatic heterocycles. The molecule has 0 amide bonds. The summed E-state index contributed by atoms with van der Waals surface area (Å²) in [6.45, 7) is 6.45. The van der Waals surface area contributed by atoms with Gasteiger partial charge in [-0.05, 0) is 49.9 Å². The molecule has 18 heavy (non-hydrogen) atoms. The van der Waals surface area contributed by atoms with Crippen molar-refractivity contribution in [2.45, 2.75) is 51.7 Å². The fraction of sp³-hybridized carbons (Fsp3) is 0.625. The summed E-state index contributed by atoms with van der Waals surface area (Å²) in [6, 6.07) is 6.61. The van der Waals surface area contributed by atoms with Crippen molar-refractivity contribution < 1.29 is 4.74 Å². The maximum atomic E-state index is 5.89. The van der Waals surface area contributed by atoms with Crippen LogP contribution in [0.25, 0.3) is 0 Å². The second-order valence-corrected chi connectivity index (χ2v) is 6.39. The van der Waals surface area contributed by atoms with Gasteiger partial charge in [-0.15, -0.1) is 0 Å². The highest BCUT2D eigenvalue weighted by molar-refractivity contribution is 5.41. The minimum Gasteiger partial charge on any atom is -0.487 e. The third-order valence-electron chi connectivity index (χ3n) is 3.88.